The first-order valence-electron chi connectivity index (χ1n) is 8.82. The van der Waals surface area contributed by atoms with Gasteiger partial charge >= 0.3 is 0 Å². The first-order valence-corrected chi connectivity index (χ1v) is 9.64. The zero-order valence-corrected chi connectivity index (χ0v) is 16.6. The van der Waals surface area contributed by atoms with E-state index in [-0.39, 0.29) is 11.1 Å². The van der Waals surface area contributed by atoms with Gasteiger partial charge in [0.25, 0.3) is 11.1 Å². The van der Waals surface area contributed by atoms with Crippen molar-refractivity contribution in [3.05, 3.63) is 28.7 Å². The van der Waals surface area contributed by atoms with Crippen molar-refractivity contribution < 1.29 is 19.1 Å². The highest BCUT2D eigenvalue weighted by molar-refractivity contribution is 8.18. The van der Waals surface area contributed by atoms with Gasteiger partial charge in [0.15, 0.2) is 11.5 Å². The SMILES string of the molecule is CCCOc1ccc(/C=C2/SC(=O)N(CN(CC)CC)C2=O)cc1OC. The average Bonchev–Trinajstić information content (AvgIpc) is 2.91. The number of nitrogens with zero attached hydrogens (tertiary/aromatic N) is 2. The Morgan fingerprint density at radius 1 is 1.15 bits per heavy atom. The van der Waals surface area contributed by atoms with Gasteiger partial charge in [-0.3, -0.25) is 19.4 Å². The van der Waals surface area contributed by atoms with E-state index in [1.54, 1.807) is 13.2 Å². The molecular formula is C19H26N2O4S. The van der Waals surface area contributed by atoms with E-state index in [1.807, 2.05) is 43.9 Å². The number of imide groups is 1. The number of thioether (sulfide) groups is 1. The molecule has 26 heavy (non-hydrogen) atoms. The fourth-order valence-electron chi connectivity index (χ4n) is 2.50. The average molecular weight is 378 g/mol. The highest BCUT2D eigenvalue weighted by Crippen LogP contribution is 2.34. The third-order valence-corrected chi connectivity index (χ3v) is 4.96. The second-order valence-corrected chi connectivity index (χ2v) is 6.81. The molecule has 1 aromatic carbocycles. The lowest BCUT2D eigenvalue weighted by atomic mass is 10.2. The van der Waals surface area contributed by atoms with Gasteiger partial charge in [0.05, 0.1) is 25.3 Å². The van der Waals surface area contributed by atoms with Gasteiger partial charge < -0.3 is 9.47 Å². The molecular weight excluding hydrogens is 352 g/mol. The molecule has 0 N–H and O–H groups in total. The highest BCUT2D eigenvalue weighted by Gasteiger charge is 2.35. The van der Waals surface area contributed by atoms with E-state index in [0.717, 1.165) is 36.8 Å². The van der Waals surface area contributed by atoms with Crippen molar-refractivity contribution in [1.29, 1.82) is 0 Å². The van der Waals surface area contributed by atoms with E-state index in [9.17, 15) is 9.59 Å². The van der Waals surface area contributed by atoms with Gasteiger partial charge in [0, 0.05) is 0 Å². The molecule has 0 atom stereocenters. The normalized spacial score (nSPS) is 16.0. The van der Waals surface area contributed by atoms with E-state index in [2.05, 4.69) is 0 Å². The molecule has 2 amide bonds. The summed E-state index contributed by atoms with van der Waals surface area (Å²) < 4.78 is 11.0. The van der Waals surface area contributed by atoms with Gasteiger partial charge in [-0.05, 0) is 55.0 Å². The Kier molecular flexibility index (Phi) is 7.53. The van der Waals surface area contributed by atoms with E-state index >= 15 is 0 Å². The number of methoxy groups -OCH3 is 1. The minimum atomic E-state index is -0.253. The van der Waals surface area contributed by atoms with Crippen LogP contribution >= 0.6 is 11.8 Å². The van der Waals surface area contributed by atoms with Crippen LogP contribution in [0, 0.1) is 0 Å². The Balaban J connectivity index is 2.19. The maximum Gasteiger partial charge on any atom is 0.294 e. The maximum atomic E-state index is 12.6. The second kappa shape index (κ2) is 9.64. The number of carbonyl (C=O) groups excluding carboxylic acids is 2. The Bertz CT molecular complexity index is 686. The van der Waals surface area contributed by atoms with Crippen molar-refractivity contribution in [1.82, 2.24) is 9.80 Å². The molecule has 0 radical (unpaired) electrons. The standard InChI is InChI=1S/C19H26N2O4S/c1-5-10-25-15-9-8-14(11-16(15)24-4)12-17-18(22)21(19(23)26-17)13-20(6-2)7-3/h8-9,11-12H,5-7,10,13H2,1-4H3/b17-12+. The number of hydrogen-bond acceptors (Lipinski definition) is 6. The predicted octanol–water partition coefficient (Wildman–Crippen LogP) is 3.82. The Morgan fingerprint density at radius 2 is 1.88 bits per heavy atom. The predicted molar refractivity (Wildman–Crippen MR) is 104 cm³/mol. The molecule has 0 aromatic heterocycles. The molecule has 6 nitrogen and oxygen atoms in total. The first-order chi connectivity index (χ1) is 12.5. The van der Waals surface area contributed by atoms with E-state index < -0.39 is 0 Å². The van der Waals surface area contributed by atoms with Gasteiger partial charge in [0.2, 0.25) is 0 Å². The van der Waals surface area contributed by atoms with Crippen molar-refractivity contribution in [3.8, 4) is 11.5 Å². The third kappa shape index (κ3) is 4.80. The quantitative estimate of drug-likeness (QED) is 0.609. The molecule has 1 aliphatic heterocycles. The van der Waals surface area contributed by atoms with Crippen LogP contribution in [-0.2, 0) is 4.79 Å². The first kappa shape index (κ1) is 20.3. The summed E-state index contributed by atoms with van der Waals surface area (Å²) in [4.78, 5) is 28.5. The topological polar surface area (TPSA) is 59.1 Å². The summed E-state index contributed by atoms with van der Waals surface area (Å²) in [5.74, 6) is 1.02. The van der Waals surface area contributed by atoms with Gasteiger partial charge in [-0.1, -0.05) is 26.8 Å². The third-order valence-electron chi connectivity index (χ3n) is 4.06. The Labute approximate surface area is 159 Å². The summed E-state index contributed by atoms with van der Waals surface area (Å²) in [5.41, 5.74) is 0.791. The van der Waals surface area contributed by atoms with Crippen LogP contribution in [0.4, 0.5) is 4.79 Å². The molecule has 0 unspecified atom stereocenters. The lowest BCUT2D eigenvalue weighted by Crippen LogP contribution is -2.40. The molecule has 2 rings (SSSR count). The van der Waals surface area contributed by atoms with Crippen LogP contribution in [0.5, 0.6) is 11.5 Å². The maximum absolute atomic E-state index is 12.6. The smallest absolute Gasteiger partial charge is 0.294 e. The molecule has 1 aromatic rings. The number of carbonyl (C=O) groups is 2. The van der Waals surface area contributed by atoms with Gasteiger partial charge in [0.1, 0.15) is 0 Å². The van der Waals surface area contributed by atoms with Crippen molar-refractivity contribution >= 4 is 29.0 Å². The second-order valence-electron chi connectivity index (χ2n) is 5.81. The van der Waals surface area contributed by atoms with E-state index in [1.165, 1.54) is 4.90 Å². The van der Waals surface area contributed by atoms with Crippen molar-refractivity contribution in [2.24, 2.45) is 0 Å². The number of amides is 2. The molecule has 0 saturated carbocycles. The lowest BCUT2D eigenvalue weighted by molar-refractivity contribution is -0.124. The summed E-state index contributed by atoms with van der Waals surface area (Å²) in [5, 5.41) is -0.233. The minimum Gasteiger partial charge on any atom is -0.493 e. The largest absolute Gasteiger partial charge is 0.493 e. The molecule has 0 spiro atoms. The number of benzene rings is 1. The molecule has 1 aliphatic rings. The number of hydrogen-bond donors (Lipinski definition) is 0. The number of ether oxygens (including phenoxy) is 2. The molecule has 1 saturated heterocycles. The van der Waals surface area contributed by atoms with Crippen molar-refractivity contribution in [2.75, 3.05) is 33.5 Å². The minimum absolute atomic E-state index is 0.233. The zero-order chi connectivity index (χ0) is 19.1. The molecule has 1 fully saturated rings. The summed E-state index contributed by atoms with van der Waals surface area (Å²) >= 11 is 0.971. The monoisotopic (exact) mass is 378 g/mol. The van der Waals surface area contributed by atoms with Crippen molar-refractivity contribution in [2.45, 2.75) is 27.2 Å². The molecule has 0 aliphatic carbocycles. The van der Waals surface area contributed by atoms with Gasteiger partial charge in [-0.15, -0.1) is 0 Å². The fraction of sp³-hybridized carbons (Fsp3) is 0.474. The van der Waals surface area contributed by atoms with E-state index in [0.29, 0.717) is 29.7 Å². The molecule has 7 heteroatoms. The molecule has 1 heterocycles. The highest BCUT2D eigenvalue weighted by atomic mass is 32.2. The van der Waals surface area contributed by atoms with Crippen LogP contribution in [0.1, 0.15) is 32.8 Å². The van der Waals surface area contributed by atoms with Crippen LogP contribution < -0.4 is 9.47 Å². The summed E-state index contributed by atoms with van der Waals surface area (Å²) in [6, 6.07) is 5.48. The summed E-state index contributed by atoms with van der Waals surface area (Å²) in [6.45, 7) is 8.55. The molecule has 0 bridgehead atoms. The van der Waals surface area contributed by atoms with Crippen LogP contribution in [0.2, 0.25) is 0 Å². The lowest BCUT2D eigenvalue weighted by Gasteiger charge is -2.23. The number of rotatable bonds is 9. The van der Waals surface area contributed by atoms with Crippen molar-refractivity contribution in [3.63, 3.8) is 0 Å². The Hall–Kier alpha value is -1.99. The molecule has 142 valence electrons. The fourth-order valence-corrected chi connectivity index (χ4v) is 3.33. The zero-order valence-electron chi connectivity index (χ0n) is 15.8. The summed E-state index contributed by atoms with van der Waals surface area (Å²) in [7, 11) is 1.58. The summed E-state index contributed by atoms with van der Waals surface area (Å²) in [6.07, 6.45) is 2.63. The van der Waals surface area contributed by atoms with Crippen LogP contribution in [0.3, 0.4) is 0 Å². The van der Waals surface area contributed by atoms with E-state index in [4.69, 9.17) is 9.47 Å². The Morgan fingerprint density at radius 3 is 2.50 bits per heavy atom. The van der Waals surface area contributed by atoms with Gasteiger partial charge in [-0.2, -0.15) is 0 Å². The van der Waals surface area contributed by atoms with Crippen LogP contribution in [-0.4, -0.2) is 54.4 Å². The van der Waals surface area contributed by atoms with Gasteiger partial charge in [-0.25, -0.2) is 0 Å². The van der Waals surface area contributed by atoms with Crippen LogP contribution in [0.15, 0.2) is 23.1 Å². The van der Waals surface area contributed by atoms with Crippen LogP contribution in [0.25, 0.3) is 6.08 Å².